The van der Waals surface area contributed by atoms with Crippen LogP contribution in [0.2, 0.25) is 0 Å². The predicted molar refractivity (Wildman–Crippen MR) is 73.7 cm³/mol. The Morgan fingerprint density at radius 2 is 1.94 bits per heavy atom. The van der Waals surface area contributed by atoms with E-state index in [9.17, 15) is 9.90 Å². The molecule has 0 saturated heterocycles. The van der Waals surface area contributed by atoms with Gasteiger partial charge >= 0.3 is 0 Å². The molecule has 0 aromatic carbocycles. The van der Waals surface area contributed by atoms with Crippen molar-refractivity contribution in [2.75, 3.05) is 0 Å². The number of aryl methyl sites for hydroxylation is 2. The quantitative estimate of drug-likeness (QED) is 0.821. The van der Waals surface area contributed by atoms with Gasteiger partial charge in [-0.25, -0.2) is 0 Å². The van der Waals surface area contributed by atoms with E-state index in [1.807, 2.05) is 13.8 Å². The van der Waals surface area contributed by atoms with Crippen LogP contribution in [-0.2, 0) is 0 Å². The molecule has 1 atom stereocenters. The van der Waals surface area contributed by atoms with Crippen LogP contribution in [0.4, 0.5) is 0 Å². The van der Waals surface area contributed by atoms with Crippen LogP contribution >= 0.6 is 11.3 Å². The second-order valence-electron chi connectivity index (χ2n) is 5.24. The molecular formula is C15H19O2S-. The summed E-state index contributed by atoms with van der Waals surface area (Å²) < 4.78 is 0. The molecule has 0 amide bonds. The van der Waals surface area contributed by atoms with E-state index in [1.165, 1.54) is 17.6 Å². The predicted octanol–water partition coefficient (Wildman–Crippen LogP) is 3.32. The molecule has 2 rings (SSSR count). The highest BCUT2D eigenvalue weighted by atomic mass is 32.1. The average Bonchev–Trinajstić information content (AvgIpc) is 2.54. The number of hydrogen-bond donors (Lipinski definition) is 0. The second-order valence-corrected chi connectivity index (χ2v) is 6.67. The van der Waals surface area contributed by atoms with Crippen molar-refractivity contribution in [1.82, 2.24) is 0 Å². The van der Waals surface area contributed by atoms with Gasteiger partial charge < -0.3 is 9.90 Å². The molecular weight excluding hydrogens is 244 g/mol. The molecule has 18 heavy (non-hydrogen) atoms. The number of carbonyl (C=O) groups is 1. The lowest BCUT2D eigenvalue weighted by atomic mass is 9.79. The van der Waals surface area contributed by atoms with Crippen molar-refractivity contribution in [2.24, 2.45) is 5.92 Å². The third-order valence-corrected chi connectivity index (χ3v) is 4.90. The van der Waals surface area contributed by atoms with Crippen LogP contribution in [0.3, 0.4) is 0 Å². The zero-order valence-electron chi connectivity index (χ0n) is 11.4. The molecule has 0 spiro atoms. The summed E-state index contributed by atoms with van der Waals surface area (Å²) in [4.78, 5) is 13.4. The summed E-state index contributed by atoms with van der Waals surface area (Å²) in [6.07, 6.45) is 3.44. The first kappa shape index (κ1) is 13.3. The van der Waals surface area contributed by atoms with Crippen LogP contribution in [0.5, 0.6) is 0 Å². The van der Waals surface area contributed by atoms with Gasteiger partial charge in [0.05, 0.1) is 5.97 Å². The SMILES string of the molecule is CC1=C(c2c(C)sc(C)c2C(=O)[O-])C(C)CCC1. The maximum absolute atomic E-state index is 11.4. The molecule has 0 bridgehead atoms. The monoisotopic (exact) mass is 263 g/mol. The Kier molecular flexibility index (Phi) is 3.62. The first-order valence-corrected chi connectivity index (χ1v) is 7.26. The Labute approximate surface area is 112 Å². The standard InChI is InChI=1S/C15H20O2S/c1-8-6-5-7-9(2)12(8)13-10(3)18-11(4)14(13)15(16)17/h8H,5-7H2,1-4H3,(H,16,17)/p-1. The highest BCUT2D eigenvalue weighted by molar-refractivity contribution is 7.12. The number of aromatic carboxylic acids is 1. The van der Waals surface area contributed by atoms with Gasteiger partial charge in [-0.15, -0.1) is 11.3 Å². The number of carboxylic acid groups (broad SMARTS) is 1. The molecule has 0 radical (unpaired) electrons. The molecule has 1 aromatic heterocycles. The summed E-state index contributed by atoms with van der Waals surface area (Å²) in [6, 6.07) is 0. The van der Waals surface area contributed by atoms with Gasteiger partial charge in [0.1, 0.15) is 0 Å². The Morgan fingerprint density at radius 3 is 2.50 bits per heavy atom. The van der Waals surface area contributed by atoms with E-state index in [0.717, 1.165) is 28.2 Å². The lowest BCUT2D eigenvalue weighted by Gasteiger charge is -2.26. The van der Waals surface area contributed by atoms with Crippen LogP contribution in [-0.4, -0.2) is 5.97 Å². The van der Waals surface area contributed by atoms with Gasteiger partial charge in [-0.1, -0.05) is 12.5 Å². The summed E-state index contributed by atoms with van der Waals surface area (Å²) >= 11 is 1.57. The zero-order chi connectivity index (χ0) is 13.4. The fourth-order valence-electron chi connectivity index (χ4n) is 3.09. The fraction of sp³-hybridized carbons (Fsp3) is 0.533. The lowest BCUT2D eigenvalue weighted by Crippen LogP contribution is -2.24. The van der Waals surface area contributed by atoms with Gasteiger partial charge in [-0.05, 0) is 51.5 Å². The molecule has 0 fully saturated rings. The van der Waals surface area contributed by atoms with E-state index >= 15 is 0 Å². The minimum absolute atomic E-state index is 0.417. The van der Waals surface area contributed by atoms with E-state index in [0.29, 0.717) is 11.5 Å². The molecule has 1 aliphatic carbocycles. The van der Waals surface area contributed by atoms with Crippen LogP contribution in [0.1, 0.15) is 58.8 Å². The smallest absolute Gasteiger partial charge is 0.0732 e. The maximum atomic E-state index is 11.4. The topological polar surface area (TPSA) is 40.1 Å². The van der Waals surface area contributed by atoms with Gasteiger partial charge in [-0.2, -0.15) is 0 Å². The van der Waals surface area contributed by atoms with Crippen LogP contribution < -0.4 is 5.11 Å². The fourth-order valence-corrected chi connectivity index (χ4v) is 4.15. The Bertz CT molecular complexity index is 523. The third-order valence-electron chi connectivity index (χ3n) is 3.88. The second kappa shape index (κ2) is 4.88. The summed E-state index contributed by atoms with van der Waals surface area (Å²) in [5.41, 5.74) is 3.96. The number of rotatable bonds is 2. The van der Waals surface area contributed by atoms with Crippen LogP contribution in [0.25, 0.3) is 5.57 Å². The highest BCUT2D eigenvalue weighted by Gasteiger charge is 2.25. The third kappa shape index (κ3) is 2.12. The molecule has 0 aliphatic heterocycles. The Balaban J connectivity index is 2.67. The van der Waals surface area contributed by atoms with Gasteiger partial charge in [0.2, 0.25) is 0 Å². The highest BCUT2D eigenvalue weighted by Crippen LogP contribution is 2.42. The summed E-state index contributed by atoms with van der Waals surface area (Å²) in [7, 11) is 0. The molecule has 1 unspecified atom stereocenters. The van der Waals surface area contributed by atoms with E-state index in [4.69, 9.17) is 0 Å². The first-order valence-electron chi connectivity index (χ1n) is 6.44. The van der Waals surface area contributed by atoms with Crippen molar-refractivity contribution in [3.05, 3.63) is 26.5 Å². The number of carboxylic acids is 1. The molecule has 2 nitrogen and oxygen atoms in total. The summed E-state index contributed by atoms with van der Waals surface area (Å²) in [6.45, 7) is 8.22. The summed E-state index contributed by atoms with van der Waals surface area (Å²) in [5, 5.41) is 11.4. The number of hydrogen-bond acceptors (Lipinski definition) is 3. The Morgan fingerprint density at radius 1 is 1.28 bits per heavy atom. The molecule has 98 valence electrons. The molecule has 0 N–H and O–H groups in total. The molecule has 1 aromatic rings. The van der Waals surface area contributed by atoms with Crippen molar-refractivity contribution in [1.29, 1.82) is 0 Å². The van der Waals surface area contributed by atoms with Crippen molar-refractivity contribution in [3.8, 4) is 0 Å². The van der Waals surface area contributed by atoms with Gasteiger partial charge in [-0.3, -0.25) is 0 Å². The number of thiophene rings is 1. The van der Waals surface area contributed by atoms with Crippen molar-refractivity contribution < 1.29 is 9.90 Å². The van der Waals surface area contributed by atoms with E-state index in [2.05, 4.69) is 13.8 Å². The van der Waals surface area contributed by atoms with E-state index in [-0.39, 0.29) is 0 Å². The zero-order valence-corrected chi connectivity index (χ0v) is 12.2. The molecule has 0 saturated carbocycles. The van der Waals surface area contributed by atoms with Gasteiger partial charge in [0, 0.05) is 20.9 Å². The summed E-state index contributed by atoms with van der Waals surface area (Å²) in [5.74, 6) is -0.588. The Hall–Kier alpha value is -1.09. The van der Waals surface area contributed by atoms with Gasteiger partial charge in [0.25, 0.3) is 0 Å². The van der Waals surface area contributed by atoms with Crippen molar-refractivity contribution in [3.63, 3.8) is 0 Å². The number of allylic oxidation sites excluding steroid dienone is 2. The van der Waals surface area contributed by atoms with E-state index < -0.39 is 5.97 Å². The molecule has 1 aliphatic rings. The van der Waals surface area contributed by atoms with Crippen LogP contribution in [0, 0.1) is 19.8 Å². The van der Waals surface area contributed by atoms with Crippen molar-refractivity contribution in [2.45, 2.75) is 47.0 Å². The molecule has 3 heteroatoms. The number of carbonyl (C=O) groups excluding carboxylic acids is 1. The minimum atomic E-state index is -1.04. The lowest BCUT2D eigenvalue weighted by molar-refractivity contribution is -0.255. The normalized spacial score (nSPS) is 20.3. The first-order chi connectivity index (χ1) is 8.43. The van der Waals surface area contributed by atoms with Crippen LogP contribution in [0.15, 0.2) is 5.57 Å². The van der Waals surface area contributed by atoms with Crippen molar-refractivity contribution >= 4 is 22.9 Å². The van der Waals surface area contributed by atoms with Gasteiger partial charge in [0.15, 0.2) is 0 Å². The van der Waals surface area contributed by atoms with E-state index in [1.54, 1.807) is 11.3 Å². The largest absolute Gasteiger partial charge is 0.545 e. The average molecular weight is 263 g/mol. The maximum Gasteiger partial charge on any atom is 0.0732 e. The molecule has 1 heterocycles. The minimum Gasteiger partial charge on any atom is -0.545 e.